The number of carbonyl (C=O) groups excluding carboxylic acids is 3. The zero-order chi connectivity index (χ0) is 22.8. The van der Waals surface area contributed by atoms with Crippen LogP contribution < -0.4 is 27.1 Å². The molecule has 0 saturated carbocycles. The second-order valence-corrected chi connectivity index (χ2v) is 7.62. The highest BCUT2D eigenvalue weighted by Crippen LogP contribution is 2.19. The van der Waals surface area contributed by atoms with Crippen molar-refractivity contribution >= 4 is 46.0 Å². The number of benzene rings is 2. The summed E-state index contributed by atoms with van der Waals surface area (Å²) in [6, 6.07) is 10.2. The molecule has 10 nitrogen and oxygen atoms in total. The molecule has 1 unspecified atom stereocenters. The van der Waals surface area contributed by atoms with E-state index in [4.69, 9.17) is 11.6 Å². The molecule has 1 atom stereocenters. The van der Waals surface area contributed by atoms with Crippen LogP contribution >= 0.6 is 11.6 Å². The molecule has 0 fully saturated rings. The summed E-state index contributed by atoms with van der Waals surface area (Å²) in [5.74, 6) is -1.47. The van der Waals surface area contributed by atoms with Crippen LogP contribution in [0.5, 0.6) is 0 Å². The molecule has 3 amide bonds. The number of nitrogens with one attached hydrogen (secondary N) is 4. The summed E-state index contributed by atoms with van der Waals surface area (Å²) in [5, 5.41) is 8.19. The number of fused-ring (bicyclic) bond motifs is 2. The van der Waals surface area contributed by atoms with Crippen molar-refractivity contribution in [3.05, 3.63) is 73.8 Å². The highest BCUT2D eigenvalue weighted by Gasteiger charge is 2.29. The van der Waals surface area contributed by atoms with Gasteiger partial charge in [0.2, 0.25) is 11.8 Å². The largest absolute Gasteiger partial charge is 0.354 e. The van der Waals surface area contributed by atoms with Crippen LogP contribution in [0.3, 0.4) is 0 Å². The normalized spacial score (nSPS) is 15.5. The molecule has 11 heteroatoms. The van der Waals surface area contributed by atoms with Crippen molar-refractivity contribution in [3.63, 3.8) is 0 Å². The van der Waals surface area contributed by atoms with Gasteiger partial charge in [0.15, 0.2) is 0 Å². The molecule has 0 saturated heterocycles. The first-order valence-corrected chi connectivity index (χ1v) is 10.1. The highest BCUT2D eigenvalue weighted by molar-refractivity contribution is 6.31. The first-order valence-electron chi connectivity index (χ1n) is 9.73. The van der Waals surface area contributed by atoms with Crippen molar-refractivity contribution in [1.82, 2.24) is 20.2 Å². The Morgan fingerprint density at radius 3 is 2.69 bits per heavy atom. The Kier molecular flexibility index (Phi) is 5.78. The smallest absolute Gasteiger partial charge is 0.316 e. The summed E-state index contributed by atoms with van der Waals surface area (Å²) >= 11 is 5.94. The van der Waals surface area contributed by atoms with E-state index in [-0.39, 0.29) is 19.5 Å². The lowest BCUT2D eigenvalue weighted by atomic mass is 10.1. The van der Waals surface area contributed by atoms with Crippen molar-refractivity contribution < 1.29 is 14.4 Å². The van der Waals surface area contributed by atoms with Crippen molar-refractivity contribution in [3.8, 4) is 0 Å². The molecule has 4 rings (SSSR count). The predicted octanol–water partition coefficient (Wildman–Crippen LogP) is 0.600. The Morgan fingerprint density at radius 2 is 1.88 bits per heavy atom. The predicted molar refractivity (Wildman–Crippen MR) is 118 cm³/mol. The molecule has 1 aromatic heterocycles. The lowest BCUT2D eigenvalue weighted by Gasteiger charge is -2.15. The number of anilines is 1. The summed E-state index contributed by atoms with van der Waals surface area (Å²) < 4.78 is 1.24. The van der Waals surface area contributed by atoms with Gasteiger partial charge >= 0.3 is 11.1 Å². The number of halogens is 1. The van der Waals surface area contributed by atoms with Gasteiger partial charge in [-0.25, -0.2) is 0 Å². The Bertz CT molecular complexity index is 1360. The number of nitrogens with zero attached hydrogens (tertiary/aromatic N) is 1. The molecule has 0 bridgehead atoms. The summed E-state index contributed by atoms with van der Waals surface area (Å²) in [4.78, 5) is 63.8. The highest BCUT2D eigenvalue weighted by atomic mass is 35.5. The van der Waals surface area contributed by atoms with Gasteiger partial charge in [0.25, 0.3) is 5.91 Å². The third-order valence-corrected chi connectivity index (χ3v) is 5.27. The molecule has 3 aromatic rings. The minimum Gasteiger partial charge on any atom is -0.354 e. The number of rotatable bonds is 5. The fraction of sp³-hybridized carbons (Fsp3) is 0.190. The molecule has 32 heavy (non-hydrogen) atoms. The van der Waals surface area contributed by atoms with E-state index in [9.17, 15) is 24.0 Å². The number of amides is 3. The summed E-state index contributed by atoms with van der Waals surface area (Å²) in [7, 11) is 0. The van der Waals surface area contributed by atoms with Crippen LogP contribution in [0.4, 0.5) is 5.69 Å². The molecular weight excluding hydrogens is 438 g/mol. The van der Waals surface area contributed by atoms with Crippen molar-refractivity contribution in [2.75, 3.05) is 11.9 Å². The number of H-pyrrole nitrogens is 1. The average molecular weight is 456 g/mol. The van der Waals surface area contributed by atoms with Gasteiger partial charge in [0.05, 0.1) is 28.7 Å². The lowest BCUT2D eigenvalue weighted by molar-refractivity contribution is -0.125. The molecule has 2 aromatic carbocycles. The Balaban J connectivity index is 1.42. The van der Waals surface area contributed by atoms with Crippen LogP contribution in [0.2, 0.25) is 5.02 Å². The molecule has 0 aliphatic carbocycles. The second kappa shape index (κ2) is 8.67. The molecule has 2 heterocycles. The number of aromatic nitrogens is 2. The first-order chi connectivity index (χ1) is 15.3. The second-order valence-electron chi connectivity index (χ2n) is 7.19. The standard InChI is InChI=1S/C21H18ClN5O5/c22-11-5-6-16-14(9-11)25-20(31)21(32)27(16)8-7-23-17(28)10-15-19(30)24-13-4-2-1-3-12(13)18(29)26-15/h1-6,9,15H,7-8,10H2,(H,23,28)(H,24,30)(H,25,31)(H,26,29). The SMILES string of the molecule is O=C(CC1NC(=O)c2ccccc2NC1=O)NCCn1c(=O)c(=O)[nH]c2cc(Cl)ccc21. The molecule has 1 aliphatic heterocycles. The van der Waals surface area contributed by atoms with Crippen molar-refractivity contribution in [2.24, 2.45) is 0 Å². The van der Waals surface area contributed by atoms with E-state index in [1.54, 1.807) is 36.4 Å². The lowest BCUT2D eigenvalue weighted by Crippen LogP contribution is -2.45. The number of aromatic amines is 1. The van der Waals surface area contributed by atoms with Crippen LogP contribution in [0, 0.1) is 0 Å². The van der Waals surface area contributed by atoms with Gasteiger partial charge in [-0.15, -0.1) is 0 Å². The third-order valence-electron chi connectivity index (χ3n) is 5.04. The van der Waals surface area contributed by atoms with E-state index < -0.39 is 34.9 Å². The van der Waals surface area contributed by atoms with Gasteiger partial charge in [0, 0.05) is 18.1 Å². The molecular formula is C21H18ClN5O5. The Hall–Kier alpha value is -3.92. The molecule has 0 spiro atoms. The fourth-order valence-corrected chi connectivity index (χ4v) is 3.67. The topological polar surface area (TPSA) is 142 Å². The van der Waals surface area contributed by atoms with Gasteiger partial charge in [-0.05, 0) is 30.3 Å². The minimum atomic E-state index is -1.06. The van der Waals surface area contributed by atoms with Crippen LogP contribution in [0.15, 0.2) is 52.1 Å². The van der Waals surface area contributed by atoms with E-state index >= 15 is 0 Å². The molecule has 1 aliphatic rings. The minimum absolute atomic E-state index is 0.0291. The van der Waals surface area contributed by atoms with Gasteiger partial charge in [0.1, 0.15) is 6.04 Å². The van der Waals surface area contributed by atoms with E-state index in [0.29, 0.717) is 27.3 Å². The van der Waals surface area contributed by atoms with E-state index in [1.165, 1.54) is 10.6 Å². The van der Waals surface area contributed by atoms with Crippen LogP contribution in [0.25, 0.3) is 11.0 Å². The maximum Gasteiger partial charge on any atom is 0.316 e. The average Bonchev–Trinajstić information content (AvgIpc) is 2.87. The Labute approximate surface area is 185 Å². The summed E-state index contributed by atoms with van der Waals surface area (Å²) in [5.41, 5.74) is -0.0269. The Morgan fingerprint density at radius 1 is 1.09 bits per heavy atom. The maximum atomic E-state index is 12.4. The van der Waals surface area contributed by atoms with Crippen molar-refractivity contribution in [2.45, 2.75) is 19.0 Å². The quantitative estimate of drug-likeness (QED) is 0.417. The van der Waals surface area contributed by atoms with Gasteiger partial charge in [-0.2, -0.15) is 0 Å². The molecule has 4 N–H and O–H groups in total. The first kappa shape index (κ1) is 21.3. The van der Waals surface area contributed by atoms with Crippen LogP contribution in [0.1, 0.15) is 16.8 Å². The van der Waals surface area contributed by atoms with Crippen LogP contribution in [-0.2, 0) is 16.1 Å². The zero-order valence-electron chi connectivity index (χ0n) is 16.6. The van der Waals surface area contributed by atoms with Crippen molar-refractivity contribution in [1.29, 1.82) is 0 Å². The maximum absolute atomic E-state index is 12.4. The zero-order valence-corrected chi connectivity index (χ0v) is 17.4. The fourth-order valence-electron chi connectivity index (χ4n) is 3.49. The third kappa shape index (κ3) is 4.26. The van der Waals surface area contributed by atoms with E-state index in [1.807, 2.05) is 0 Å². The number of hydrogen-bond acceptors (Lipinski definition) is 5. The summed E-state index contributed by atoms with van der Waals surface area (Å²) in [6.45, 7) is 0.0592. The summed E-state index contributed by atoms with van der Waals surface area (Å²) in [6.07, 6.45) is -0.286. The monoisotopic (exact) mass is 455 g/mol. The van der Waals surface area contributed by atoms with E-state index in [2.05, 4.69) is 20.9 Å². The van der Waals surface area contributed by atoms with E-state index in [0.717, 1.165) is 0 Å². The number of hydrogen-bond donors (Lipinski definition) is 4. The van der Waals surface area contributed by atoms with Crippen LogP contribution in [-0.4, -0.2) is 39.9 Å². The number of para-hydroxylation sites is 1. The van der Waals surface area contributed by atoms with Gasteiger partial charge in [-0.1, -0.05) is 23.7 Å². The molecule has 164 valence electrons. The number of carbonyl (C=O) groups is 3. The molecule has 0 radical (unpaired) electrons. The van der Waals surface area contributed by atoms with Gasteiger partial charge < -0.3 is 25.5 Å². The van der Waals surface area contributed by atoms with Gasteiger partial charge in [-0.3, -0.25) is 24.0 Å².